The maximum absolute atomic E-state index is 5.18. The van der Waals surface area contributed by atoms with Crippen molar-refractivity contribution in [2.45, 2.75) is 37.8 Å². The van der Waals surface area contributed by atoms with Gasteiger partial charge in [-0.1, -0.05) is 30.3 Å². The summed E-state index contributed by atoms with van der Waals surface area (Å²) in [7, 11) is 4.38. The van der Waals surface area contributed by atoms with Gasteiger partial charge in [-0.05, 0) is 62.0 Å². The summed E-state index contributed by atoms with van der Waals surface area (Å²) in [5, 5.41) is 4.60. The van der Waals surface area contributed by atoms with Gasteiger partial charge in [-0.15, -0.1) is 0 Å². The molecule has 1 aliphatic heterocycles. The Morgan fingerprint density at radius 2 is 1.91 bits per heavy atom. The van der Waals surface area contributed by atoms with Crippen molar-refractivity contribution in [2.24, 2.45) is 0 Å². The maximum Gasteiger partial charge on any atom is 0.162 e. The van der Waals surface area contributed by atoms with Crippen LogP contribution in [0.5, 0.6) is 0 Å². The van der Waals surface area contributed by atoms with Crippen LogP contribution in [0.3, 0.4) is 0 Å². The molecule has 4 heterocycles. The average molecular weight is 466 g/mol. The van der Waals surface area contributed by atoms with E-state index >= 15 is 0 Å². The van der Waals surface area contributed by atoms with Gasteiger partial charge in [-0.2, -0.15) is 0 Å². The fourth-order valence-corrected chi connectivity index (χ4v) is 5.03. The van der Waals surface area contributed by atoms with E-state index < -0.39 is 0 Å². The van der Waals surface area contributed by atoms with Gasteiger partial charge in [-0.3, -0.25) is 4.98 Å². The second-order valence-corrected chi connectivity index (χ2v) is 9.85. The van der Waals surface area contributed by atoms with Gasteiger partial charge in [0.2, 0.25) is 0 Å². The number of rotatable bonds is 7. The predicted octanol–water partition coefficient (Wildman–Crippen LogP) is 4.72. The Balaban J connectivity index is 1.39. The summed E-state index contributed by atoms with van der Waals surface area (Å²) in [6.07, 6.45) is 9.32. The van der Waals surface area contributed by atoms with Crippen molar-refractivity contribution in [2.75, 3.05) is 37.4 Å². The van der Waals surface area contributed by atoms with Crippen LogP contribution >= 0.6 is 0 Å². The minimum atomic E-state index is 0.437. The van der Waals surface area contributed by atoms with Crippen LogP contribution in [0.1, 0.15) is 36.3 Å². The molecule has 1 saturated carbocycles. The van der Waals surface area contributed by atoms with Gasteiger partial charge >= 0.3 is 0 Å². The molecule has 0 amide bonds. The molecule has 178 valence electrons. The van der Waals surface area contributed by atoms with Crippen LogP contribution < -0.4 is 10.2 Å². The Kier molecular flexibility index (Phi) is 5.78. The van der Waals surface area contributed by atoms with E-state index in [9.17, 15) is 0 Å². The van der Waals surface area contributed by atoms with Crippen LogP contribution in [0.25, 0.3) is 22.3 Å². The molecule has 0 spiro atoms. The highest BCUT2D eigenvalue weighted by Crippen LogP contribution is 2.45. The summed E-state index contributed by atoms with van der Waals surface area (Å²) in [5.41, 5.74) is 4.38. The number of pyridine rings is 2. The Morgan fingerprint density at radius 3 is 2.69 bits per heavy atom. The number of anilines is 2. The topological polar surface area (TPSA) is 70.1 Å². The van der Waals surface area contributed by atoms with Crippen LogP contribution in [0, 0.1) is 0 Å². The Morgan fingerprint density at radius 1 is 1.06 bits per heavy atom. The first-order valence-electron chi connectivity index (χ1n) is 12.5. The molecule has 0 bridgehead atoms. The lowest BCUT2D eigenvalue weighted by atomic mass is 10.1. The number of benzene rings is 1. The molecule has 7 heteroatoms. The van der Waals surface area contributed by atoms with Gasteiger partial charge in [0.25, 0.3) is 0 Å². The lowest BCUT2D eigenvalue weighted by Gasteiger charge is -2.27. The normalized spacial score (nSPS) is 18.2. The van der Waals surface area contributed by atoms with E-state index in [4.69, 9.17) is 9.97 Å². The molecule has 35 heavy (non-hydrogen) atoms. The molecule has 0 unspecified atom stereocenters. The first kappa shape index (κ1) is 21.9. The van der Waals surface area contributed by atoms with Crippen LogP contribution in [-0.4, -0.2) is 58.1 Å². The zero-order valence-electron chi connectivity index (χ0n) is 20.4. The van der Waals surface area contributed by atoms with Gasteiger partial charge < -0.3 is 15.1 Å². The molecular weight excluding hydrogens is 434 g/mol. The summed E-state index contributed by atoms with van der Waals surface area (Å²) in [5.74, 6) is 3.12. The monoisotopic (exact) mass is 465 g/mol. The van der Waals surface area contributed by atoms with E-state index in [0.717, 1.165) is 42.2 Å². The minimum absolute atomic E-state index is 0.437. The Bertz CT molecular complexity index is 1340. The van der Waals surface area contributed by atoms with Crippen molar-refractivity contribution in [3.05, 3.63) is 72.2 Å². The second-order valence-electron chi connectivity index (χ2n) is 9.85. The predicted molar refractivity (Wildman–Crippen MR) is 141 cm³/mol. The third-order valence-corrected chi connectivity index (χ3v) is 7.22. The van der Waals surface area contributed by atoms with Crippen molar-refractivity contribution in [3.63, 3.8) is 0 Å². The first-order valence-corrected chi connectivity index (χ1v) is 12.5. The zero-order chi connectivity index (χ0) is 23.8. The Labute approximate surface area is 206 Å². The molecule has 7 nitrogen and oxygen atoms in total. The summed E-state index contributed by atoms with van der Waals surface area (Å²) in [6.45, 7) is 2.88. The SMILES string of the molecule is CN1CC[C@H](N(C)c2nc(-c3ccnc(NCc4ccccc4)c3)nc3cncc(C4CC4)c23)C1. The number of aromatic nitrogens is 4. The summed E-state index contributed by atoms with van der Waals surface area (Å²) < 4.78 is 0. The molecular formula is C28H31N7. The average Bonchev–Trinajstić information content (AvgIpc) is 3.66. The number of likely N-dealkylation sites (tertiary alicyclic amines) is 1. The highest BCUT2D eigenvalue weighted by atomic mass is 15.3. The fraction of sp³-hybridized carbons (Fsp3) is 0.357. The summed E-state index contributed by atoms with van der Waals surface area (Å²) in [4.78, 5) is 24.0. The molecule has 1 atom stereocenters. The van der Waals surface area contributed by atoms with Gasteiger partial charge in [-0.25, -0.2) is 15.0 Å². The van der Waals surface area contributed by atoms with Crippen molar-refractivity contribution >= 4 is 22.5 Å². The minimum Gasteiger partial charge on any atom is -0.366 e. The highest BCUT2D eigenvalue weighted by molar-refractivity contribution is 5.94. The van der Waals surface area contributed by atoms with E-state index in [1.807, 2.05) is 48.9 Å². The molecule has 1 N–H and O–H groups in total. The third kappa shape index (κ3) is 4.56. The summed E-state index contributed by atoms with van der Waals surface area (Å²) >= 11 is 0. The van der Waals surface area contributed by atoms with E-state index in [2.05, 4.69) is 51.3 Å². The van der Waals surface area contributed by atoms with E-state index in [1.165, 1.54) is 29.4 Å². The third-order valence-electron chi connectivity index (χ3n) is 7.22. The Hall–Kier alpha value is -3.58. The van der Waals surface area contributed by atoms with Crippen LogP contribution in [-0.2, 0) is 6.54 Å². The first-order chi connectivity index (χ1) is 17.2. The van der Waals surface area contributed by atoms with Crippen molar-refractivity contribution in [1.29, 1.82) is 0 Å². The van der Waals surface area contributed by atoms with Gasteiger partial charge in [0.05, 0.1) is 11.7 Å². The van der Waals surface area contributed by atoms with Gasteiger partial charge in [0.1, 0.15) is 11.6 Å². The van der Waals surface area contributed by atoms with Gasteiger partial charge in [0, 0.05) is 49.5 Å². The molecule has 1 saturated heterocycles. The highest BCUT2D eigenvalue weighted by Gasteiger charge is 2.31. The molecule has 4 aromatic rings. The van der Waals surface area contributed by atoms with Gasteiger partial charge in [0.15, 0.2) is 5.82 Å². The number of nitrogens with zero attached hydrogens (tertiary/aromatic N) is 6. The van der Waals surface area contributed by atoms with E-state index in [0.29, 0.717) is 24.3 Å². The van der Waals surface area contributed by atoms with Crippen LogP contribution in [0.2, 0.25) is 0 Å². The molecule has 1 aromatic carbocycles. The quantitative estimate of drug-likeness (QED) is 0.424. The molecule has 1 aliphatic carbocycles. The number of hydrogen-bond acceptors (Lipinski definition) is 7. The molecule has 3 aromatic heterocycles. The smallest absolute Gasteiger partial charge is 0.162 e. The molecule has 2 fully saturated rings. The van der Waals surface area contributed by atoms with E-state index in [-0.39, 0.29) is 0 Å². The van der Waals surface area contributed by atoms with Crippen molar-refractivity contribution in [1.82, 2.24) is 24.8 Å². The van der Waals surface area contributed by atoms with E-state index in [1.54, 1.807) is 0 Å². The number of hydrogen-bond donors (Lipinski definition) is 1. The zero-order valence-corrected chi connectivity index (χ0v) is 20.4. The van der Waals surface area contributed by atoms with Crippen molar-refractivity contribution in [3.8, 4) is 11.4 Å². The largest absolute Gasteiger partial charge is 0.366 e. The fourth-order valence-electron chi connectivity index (χ4n) is 5.03. The standard InChI is InChI=1S/C28H31N7/c1-34-13-11-22(18-34)35(2)28-26-23(20-8-9-20)16-29-17-24(26)32-27(33-28)21-10-12-30-25(14-21)31-15-19-6-4-3-5-7-19/h3-7,10,12,14,16-17,20,22H,8-9,11,13,15,18H2,1-2H3,(H,30,31)/t22-/m0/s1. The second kappa shape index (κ2) is 9.23. The molecule has 6 rings (SSSR count). The van der Waals surface area contributed by atoms with Crippen LogP contribution in [0.4, 0.5) is 11.6 Å². The number of nitrogens with one attached hydrogen (secondary N) is 1. The maximum atomic E-state index is 5.18. The summed E-state index contributed by atoms with van der Waals surface area (Å²) in [6, 6.07) is 14.8. The number of likely N-dealkylation sites (N-methyl/N-ethyl adjacent to an activating group) is 2. The lowest BCUT2D eigenvalue weighted by molar-refractivity contribution is 0.409. The molecule has 2 aliphatic rings. The van der Waals surface area contributed by atoms with Crippen LogP contribution in [0.15, 0.2) is 61.1 Å². The number of fused-ring (bicyclic) bond motifs is 1. The lowest BCUT2D eigenvalue weighted by Crippen LogP contribution is -2.34. The van der Waals surface area contributed by atoms with Crippen molar-refractivity contribution < 1.29 is 0 Å². The molecule has 0 radical (unpaired) electrons.